The first-order valence-electron chi connectivity index (χ1n) is 9.91. The van der Waals surface area contributed by atoms with Gasteiger partial charge in [0.2, 0.25) is 0 Å². The summed E-state index contributed by atoms with van der Waals surface area (Å²) in [7, 11) is -3.72. The molecule has 0 spiro atoms. The summed E-state index contributed by atoms with van der Waals surface area (Å²) in [5, 5.41) is 7.32. The minimum atomic E-state index is -4.76. The first kappa shape index (κ1) is 25.7. The molecule has 1 aromatic heterocycles. The van der Waals surface area contributed by atoms with E-state index in [2.05, 4.69) is 21.5 Å². The summed E-state index contributed by atoms with van der Waals surface area (Å²) in [5.74, 6) is 3.69. The van der Waals surface area contributed by atoms with Crippen LogP contribution in [0, 0.1) is 29.4 Å². The van der Waals surface area contributed by atoms with Crippen molar-refractivity contribution in [1.29, 1.82) is 5.41 Å². The number of alkyl halides is 3. The Bertz CT molecular complexity index is 1440. The summed E-state index contributed by atoms with van der Waals surface area (Å²) < 4.78 is 84.7. The Morgan fingerprint density at radius 3 is 2.54 bits per heavy atom. The largest absolute Gasteiger partial charge is 0.416 e. The number of aryl methyl sites for hydroxylation is 1. The van der Waals surface area contributed by atoms with Crippen LogP contribution in [0.5, 0.6) is 0 Å². The zero-order chi connectivity index (χ0) is 26.0. The van der Waals surface area contributed by atoms with Crippen LogP contribution in [0.3, 0.4) is 0 Å². The van der Waals surface area contributed by atoms with Crippen LogP contribution in [-0.2, 0) is 28.7 Å². The molecule has 1 heterocycles. The number of nitrogens with one attached hydrogen (secondary N) is 2. The van der Waals surface area contributed by atoms with Crippen molar-refractivity contribution in [2.75, 3.05) is 10.5 Å². The van der Waals surface area contributed by atoms with Gasteiger partial charge in [-0.2, -0.15) is 13.2 Å². The summed E-state index contributed by atoms with van der Waals surface area (Å²) >= 11 is 0. The molecule has 3 aromatic rings. The fraction of sp³-hybridized carbons (Fsp3) is 0.125. The second kappa shape index (κ2) is 9.76. The molecule has 0 radical (unpaired) electrons. The average molecular weight is 507 g/mol. The van der Waals surface area contributed by atoms with Crippen molar-refractivity contribution >= 4 is 33.3 Å². The summed E-state index contributed by atoms with van der Waals surface area (Å²) in [6.07, 6.45) is 2.89. The first-order chi connectivity index (χ1) is 16.4. The molecule has 2 aromatic carbocycles. The van der Waals surface area contributed by atoms with Gasteiger partial charge in [0.25, 0.3) is 0 Å². The van der Waals surface area contributed by atoms with Crippen molar-refractivity contribution in [2.24, 2.45) is 0 Å². The number of benzene rings is 2. The lowest BCUT2D eigenvalue weighted by molar-refractivity contribution is -0.137. The molecule has 0 aliphatic heterocycles. The fourth-order valence-electron chi connectivity index (χ4n) is 3.24. The van der Waals surface area contributed by atoms with Crippen LogP contribution in [-0.4, -0.2) is 21.3 Å². The molecule has 182 valence electrons. The van der Waals surface area contributed by atoms with E-state index in [1.165, 1.54) is 6.20 Å². The molecule has 3 rings (SSSR count). The molecular weight excluding hydrogens is 487 g/mol. The standard InChI is InChI=1S/C24H19F5N4OS/c1-3-14-9-17(24(27,28)29)11-18(10-14)35(2,34)33-21-7-6-20(25)19(22(21)26)5-4-15-8-16(12-30)23(31)32-13-15/h1,6-13,30H,2,4-5H2,(H2,31,32)(H,33,34). The molecule has 0 aliphatic carbocycles. The summed E-state index contributed by atoms with van der Waals surface area (Å²) in [5.41, 5.74) is 4.49. The number of hydrogen-bond acceptors (Lipinski definition) is 4. The maximum Gasteiger partial charge on any atom is 0.416 e. The SMILES string of the molecule is C#Cc1cc(C(F)(F)F)cc(S(=C)(=O)Nc2ccc(F)c(CCc3cnc(N)c(C=N)c3)c2F)c1. The highest BCUT2D eigenvalue weighted by atomic mass is 32.2. The van der Waals surface area contributed by atoms with Crippen molar-refractivity contribution in [3.63, 3.8) is 0 Å². The number of terminal acetylenes is 1. The molecule has 0 amide bonds. The number of anilines is 2. The summed E-state index contributed by atoms with van der Waals surface area (Å²) in [6.45, 7) is 0. The van der Waals surface area contributed by atoms with Crippen molar-refractivity contribution in [2.45, 2.75) is 23.9 Å². The third-order valence-electron chi connectivity index (χ3n) is 5.07. The average Bonchev–Trinajstić information content (AvgIpc) is 2.80. The zero-order valence-electron chi connectivity index (χ0n) is 18.0. The number of hydrogen-bond donors (Lipinski definition) is 3. The second-order valence-corrected chi connectivity index (χ2v) is 9.54. The highest BCUT2D eigenvalue weighted by Gasteiger charge is 2.32. The van der Waals surface area contributed by atoms with Crippen LogP contribution in [0.4, 0.5) is 33.5 Å². The maximum absolute atomic E-state index is 15.2. The van der Waals surface area contributed by atoms with Gasteiger partial charge in [-0.1, -0.05) is 5.92 Å². The molecule has 0 bridgehead atoms. The van der Waals surface area contributed by atoms with E-state index >= 15 is 4.39 Å². The molecule has 4 N–H and O–H groups in total. The van der Waals surface area contributed by atoms with Crippen molar-refractivity contribution in [3.8, 4) is 12.3 Å². The van der Waals surface area contributed by atoms with Crippen molar-refractivity contribution in [3.05, 3.63) is 82.0 Å². The van der Waals surface area contributed by atoms with E-state index < -0.39 is 43.7 Å². The second-order valence-electron chi connectivity index (χ2n) is 7.52. The van der Waals surface area contributed by atoms with Crippen molar-refractivity contribution in [1.82, 2.24) is 4.98 Å². The van der Waals surface area contributed by atoms with Crippen LogP contribution in [0.2, 0.25) is 0 Å². The Morgan fingerprint density at radius 1 is 1.20 bits per heavy atom. The topological polar surface area (TPSA) is 91.9 Å². The molecule has 0 saturated heterocycles. The third kappa shape index (κ3) is 5.78. The van der Waals surface area contributed by atoms with E-state index in [4.69, 9.17) is 17.6 Å². The predicted molar refractivity (Wildman–Crippen MR) is 127 cm³/mol. The van der Waals surface area contributed by atoms with Gasteiger partial charge in [-0.05, 0) is 60.7 Å². The number of rotatable bonds is 7. The van der Waals surface area contributed by atoms with E-state index in [0.717, 1.165) is 24.4 Å². The van der Waals surface area contributed by atoms with Crippen molar-refractivity contribution < 1.29 is 26.2 Å². The van der Waals surface area contributed by atoms with E-state index in [1.807, 2.05) is 0 Å². The summed E-state index contributed by atoms with van der Waals surface area (Å²) in [6, 6.07) is 5.89. The molecule has 1 atom stereocenters. The lowest BCUT2D eigenvalue weighted by Gasteiger charge is -2.17. The number of aromatic nitrogens is 1. The van der Waals surface area contributed by atoms with Crippen LogP contribution in [0.1, 0.15) is 27.8 Å². The molecule has 0 fully saturated rings. The van der Waals surface area contributed by atoms with Crippen LogP contribution in [0.15, 0.2) is 47.5 Å². The number of nitrogens with two attached hydrogens (primary N) is 1. The van der Waals surface area contributed by atoms with E-state index in [1.54, 1.807) is 6.07 Å². The number of halogens is 5. The highest BCUT2D eigenvalue weighted by Crippen LogP contribution is 2.32. The molecule has 0 aliphatic rings. The van der Waals surface area contributed by atoms with Gasteiger partial charge in [-0.3, -0.25) is 0 Å². The number of nitrogen functional groups attached to an aromatic ring is 1. The van der Waals surface area contributed by atoms with Gasteiger partial charge in [-0.15, -0.1) is 6.42 Å². The smallest absolute Gasteiger partial charge is 0.383 e. The van der Waals surface area contributed by atoms with E-state index in [0.29, 0.717) is 23.3 Å². The van der Waals surface area contributed by atoms with E-state index in [-0.39, 0.29) is 29.8 Å². The number of nitrogens with zero attached hydrogens (tertiary/aromatic N) is 1. The minimum absolute atomic E-state index is 0.126. The summed E-state index contributed by atoms with van der Waals surface area (Å²) in [4.78, 5) is 3.54. The lowest BCUT2D eigenvalue weighted by atomic mass is 10.0. The maximum atomic E-state index is 15.2. The highest BCUT2D eigenvalue weighted by molar-refractivity contribution is 8.01. The quantitative estimate of drug-likeness (QED) is 0.186. The Hall–Kier alpha value is -3.91. The molecule has 35 heavy (non-hydrogen) atoms. The Labute approximate surface area is 198 Å². The van der Waals surface area contributed by atoms with Gasteiger partial charge in [0.15, 0.2) is 5.82 Å². The van der Waals surface area contributed by atoms with Gasteiger partial charge in [0.05, 0.1) is 25.9 Å². The van der Waals surface area contributed by atoms with Gasteiger partial charge in [0, 0.05) is 29.1 Å². The van der Waals surface area contributed by atoms with Crippen LogP contribution < -0.4 is 10.5 Å². The molecule has 11 heteroatoms. The van der Waals surface area contributed by atoms with Gasteiger partial charge in [0.1, 0.15) is 11.6 Å². The molecule has 5 nitrogen and oxygen atoms in total. The molecule has 1 unspecified atom stereocenters. The monoisotopic (exact) mass is 506 g/mol. The minimum Gasteiger partial charge on any atom is -0.383 e. The Morgan fingerprint density at radius 2 is 1.91 bits per heavy atom. The van der Waals surface area contributed by atoms with Crippen LogP contribution in [0.25, 0.3) is 0 Å². The Kier molecular flexibility index (Phi) is 7.17. The Balaban J connectivity index is 1.92. The van der Waals surface area contributed by atoms with Gasteiger partial charge in [-0.25, -0.2) is 18.0 Å². The zero-order valence-corrected chi connectivity index (χ0v) is 18.9. The lowest BCUT2D eigenvalue weighted by Crippen LogP contribution is -2.16. The van der Waals surface area contributed by atoms with Gasteiger partial charge < -0.3 is 15.9 Å². The predicted octanol–water partition coefficient (Wildman–Crippen LogP) is 4.83. The van der Waals surface area contributed by atoms with Crippen LogP contribution >= 0.6 is 0 Å². The third-order valence-corrected chi connectivity index (χ3v) is 6.61. The number of pyridine rings is 1. The fourth-order valence-corrected chi connectivity index (χ4v) is 4.50. The molecular formula is C24H19F5N4OS. The first-order valence-corrected chi connectivity index (χ1v) is 11.6. The molecule has 0 saturated carbocycles. The van der Waals surface area contributed by atoms with E-state index in [9.17, 15) is 21.8 Å². The van der Waals surface area contributed by atoms with Gasteiger partial charge >= 0.3 is 6.18 Å². The normalized spacial score (nSPS) is 13.0.